The van der Waals surface area contributed by atoms with E-state index in [4.69, 9.17) is 11.6 Å². The molecule has 5 nitrogen and oxygen atoms in total. The third kappa shape index (κ3) is 2.78. The number of hydrogen-bond acceptors (Lipinski definition) is 4. The van der Waals surface area contributed by atoms with Crippen molar-refractivity contribution in [3.8, 4) is 0 Å². The van der Waals surface area contributed by atoms with Crippen molar-refractivity contribution >= 4 is 34.9 Å². The second-order valence-electron chi connectivity index (χ2n) is 4.48. The molecule has 10 heteroatoms. The van der Waals surface area contributed by atoms with Gasteiger partial charge in [-0.2, -0.15) is 13.2 Å². The molecule has 0 bridgehead atoms. The van der Waals surface area contributed by atoms with E-state index in [0.29, 0.717) is 22.3 Å². The van der Waals surface area contributed by atoms with E-state index in [1.807, 2.05) is 0 Å². The van der Waals surface area contributed by atoms with Gasteiger partial charge in [0.15, 0.2) is 0 Å². The van der Waals surface area contributed by atoms with Crippen LogP contribution < -0.4 is 5.43 Å². The number of rotatable bonds is 1. The Morgan fingerprint density at radius 3 is 2.86 bits per heavy atom. The molecule has 0 aliphatic carbocycles. The zero-order chi connectivity index (χ0) is 15.9. The standard InChI is InChI=1S/C12H9ClF3N5S/c1-6-7(13)3-2-4-8(6)17-9-5-22-11-19-18-10(12(14,15)16)21(11)20-9/h2-4H,5H2,1H3,(H,17,20). The topological polar surface area (TPSA) is 55.1 Å². The van der Waals surface area contributed by atoms with Gasteiger partial charge < -0.3 is 0 Å². The van der Waals surface area contributed by atoms with Gasteiger partial charge in [0.25, 0.3) is 5.82 Å². The fourth-order valence-electron chi connectivity index (χ4n) is 1.86. The van der Waals surface area contributed by atoms with Crippen molar-refractivity contribution in [2.75, 3.05) is 11.2 Å². The van der Waals surface area contributed by atoms with Gasteiger partial charge in [-0.05, 0) is 24.6 Å². The first-order valence-electron chi connectivity index (χ1n) is 6.11. The summed E-state index contributed by atoms with van der Waals surface area (Å²) in [5, 5.41) is 7.38. The predicted octanol–water partition coefficient (Wildman–Crippen LogP) is 3.64. The summed E-state index contributed by atoms with van der Waals surface area (Å²) in [5.41, 5.74) is 3.96. The summed E-state index contributed by atoms with van der Waals surface area (Å²) in [6.45, 7) is 1.79. The number of alkyl halides is 3. The van der Waals surface area contributed by atoms with Crippen LogP contribution >= 0.6 is 23.4 Å². The highest BCUT2D eigenvalue weighted by Crippen LogP contribution is 2.32. The Bertz CT molecular complexity index is 756. The fourth-order valence-corrected chi connectivity index (χ4v) is 2.79. The van der Waals surface area contributed by atoms with Crippen molar-refractivity contribution < 1.29 is 13.2 Å². The van der Waals surface area contributed by atoms with Crippen molar-refractivity contribution in [3.05, 3.63) is 34.6 Å². The van der Waals surface area contributed by atoms with E-state index in [0.717, 1.165) is 22.0 Å². The minimum atomic E-state index is -4.59. The number of nitrogens with one attached hydrogen (secondary N) is 1. The number of nitrogens with zero attached hydrogens (tertiary/aromatic N) is 4. The number of fused-ring (bicyclic) bond motifs is 1. The number of benzene rings is 1. The van der Waals surface area contributed by atoms with Crippen LogP contribution in [0.5, 0.6) is 0 Å². The molecule has 0 atom stereocenters. The second-order valence-corrected chi connectivity index (χ2v) is 5.83. The van der Waals surface area contributed by atoms with E-state index in [-0.39, 0.29) is 5.16 Å². The molecule has 1 N–H and O–H groups in total. The molecule has 0 saturated carbocycles. The number of halogens is 4. The molecular formula is C12H9ClF3N5S. The van der Waals surface area contributed by atoms with Gasteiger partial charge in [0, 0.05) is 5.02 Å². The van der Waals surface area contributed by atoms with Gasteiger partial charge in [-0.3, -0.25) is 5.43 Å². The first-order chi connectivity index (χ1) is 10.4. The van der Waals surface area contributed by atoms with Gasteiger partial charge in [0.2, 0.25) is 5.16 Å². The van der Waals surface area contributed by atoms with E-state index in [1.165, 1.54) is 0 Å². The van der Waals surface area contributed by atoms with Crippen LogP contribution in [0, 0.1) is 6.92 Å². The normalized spacial score (nSPS) is 16.5. The predicted molar refractivity (Wildman–Crippen MR) is 78.4 cm³/mol. The van der Waals surface area contributed by atoms with E-state index in [2.05, 4.69) is 20.6 Å². The lowest BCUT2D eigenvalue weighted by molar-refractivity contribution is -0.146. The van der Waals surface area contributed by atoms with Crippen molar-refractivity contribution in [2.24, 2.45) is 4.99 Å². The molecule has 116 valence electrons. The number of thioether (sulfide) groups is 1. The molecule has 2 heterocycles. The Hall–Kier alpha value is -1.74. The smallest absolute Gasteiger partial charge is 0.276 e. The molecule has 0 amide bonds. The van der Waals surface area contributed by atoms with E-state index < -0.39 is 12.0 Å². The average Bonchev–Trinajstić information content (AvgIpc) is 2.87. The van der Waals surface area contributed by atoms with Gasteiger partial charge >= 0.3 is 6.18 Å². The van der Waals surface area contributed by atoms with Crippen molar-refractivity contribution in [3.63, 3.8) is 0 Å². The molecule has 1 aliphatic heterocycles. The Balaban J connectivity index is 1.95. The minimum absolute atomic E-state index is 0.147. The number of amidine groups is 1. The van der Waals surface area contributed by atoms with Gasteiger partial charge in [0.1, 0.15) is 5.84 Å². The molecule has 2 aromatic rings. The van der Waals surface area contributed by atoms with Crippen LogP contribution in [0.1, 0.15) is 11.4 Å². The third-order valence-corrected chi connectivity index (χ3v) is 4.31. The highest BCUT2D eigenvalue weighted by Gasteiger charge is 2.40. The maximum atomic E-state index is 12.9. The summed E-state index contributed by atoms with van der Waals surface area (Å²) in [6, 6.07) is 5.20. The molecular weight excluding hydrogens is 339 g/mol. The highest BCUT2D eigenvalue weighted by molar-refractivity contribution is 7.99. The minimum Gasteiger partial charge on any atom is -0.276 e. The fraction of sp³-hybridized carbons (Fsp3) is 0.250. The Morgan fingerprint density at radius 2 is 2.14 bits per heavy atom. The lowest BCUT2D eigenvalue weighted by Crippen LogP contribution is -2.33. The summed E-state index contributed by atoms with van der Waals surface area (Å²) in [4.78, 5) is 4.34. The van der Waals surface area contributed by atoms with E-state index in [1.54, 1.807) is 25.1 Å². The zero-order valence-corrected chi connectivity index (χ0v) is 12.7. The Kier molecular flexibility index (Phi) is 3.77. The highest BCUT2D eigenvalue weighted by atomic mass is 35.5. The van der Waals surface area contributed by atoms with Gasteiger partial charge in [-0.25, -0.2) is 9.67 Å². The maximum Gasteiger partial charge on any atom is 0.453 e. The molecule has 0 unspecified atom stereocenters. The van der Waals surface area contributed by atoms with Crippen LogP contribution in [-0.2, 0) is 6.18 Å². The molecule has 0 saturated heterocycles. The molecule has 1 aromatic carbocycles. The van der Waals surface area contributed by atoms with Gasteiger partial charge in [-0.1, -0.05) is 29.4 Å². The number of aliphatic imine (C=N–C) groups is 1. The van der Waals surface area contributed by atoms with Gasteiger partial charge in [0.05, 0.1) is 11.4 Å². The monoisotopic (exact) mass is 347 g/mol. The summed E-state index contributed by atoms with van der Waals surface area (Å²) >= 11 is 7.14. The van der Waals surface area contributed by atoms with Crippen molar-refractivity contribution in [1.29, 1.82) is 0 Å². The van der Waals surface area contributed by atoms with E-state index in [9.17, 15) is 13.2 Å². The zero-order valence-electron chi connectivity index (χ0n) is 11.1. The molecule has 1 aliphatic rings. The Labute approximate surface area is 132 Å². The summed E-state index contributed by atoms with van der Waals surface area (Å²) < 4.78 is 39.3. The SMILES string of the molecule is Cc1c(Cl)cccc1N=C1CSc2nnc(C(F)(F)F)n2N1. The lowest BCUT2D eigenvalue weighted by atomic mass is 10.2. The molecule has 0 radical (unpaired) electrons. The molecule has 3 rings (SSSR count). The van der Waals surface area contributed by atoms with Crippen LogP contribution in [0.4, 0.5) is 18.9 Å². The van der Waals surface area contributed by atoms with Crippen molar-refractivity contribution in [1.82, 2.24) is 14.9 Å². The van der Waals surface area contributed by atoms with E-state index >= 15 is 0 Å². The first kappa shape index (κ1) is 15.2. The van der Waals surface area contributed by atoms with Crippen LogP contribution in [0.15, 0.2) is 28.3 Å². The maximum absolute atomic E-state index is 12.9. The lowest BCUT2D eigenvalue weighted by Gasteiger charge is -2.19. The second kappa shape index (κ2) is 5.47. The quantitative estimate of drug-likeness (QED) is 0.855. The van der Waals surface area contributed by atoms with Crippen LogP contribution in [0.3, 0.4) is 0 Å². The summed E-state index contributed by atoms with van der Waals surface area (Å²) in [7, 11) is 0. The van der Waals surface area contributed by atoms with Gasteiger partial charge in [-0.15, -0.1) is 10.2 Å². The number of hydrogen-bond donors (Lipinski definition) is 1. The summed E-state index contributed by atoms with van der Waals surface area (Å²) in [5.74, 6) is -0.375. The number of aromatic nitrogens is 3. The van der Waals surface area contributed by atoms with Crippen LogP contribution in [-0.4, -0.2) is 26.5 Å². The molecule has 0 fully saturated rings. The molecule has 1 aromatic heterocycles. The molecule has 22 heavy (non-hydrogen) atoms. The van der Waals surface area contributed by atoms with Crippen molar-refractivity contribution in [2.45, 2.75) is 18.3 Å². The largest absolute Gasteiger partial charge is 0.453 e. The Morgan fingerprint density at radius 1 is 1.36 bits per heavy atom. The molecule has 0 spiro atoms. The third-order valence-electron chi connectivity index (χ3n) is 2.96. The first-order valence-corrected chi connectivity index (χ1v) is 7.48. The van der Waals surface area contributed by atoms with Crippen LogP contribution in [0.25, 0.3) is 0 Å². The average molecular weight is 348 g/mol. The summed E-state index contributed by atoms with van der Waals surface area (Å²) in [6.07, 6.45) is -4.59. The van der Waals surface area contributed by atoms with Crippen LogP contribution in [0.2, 0.25) is 5.02 Å².